The summed E-state index contributed by atoms with van der Waals surface area (Å²) in [4.78, 5) is 24.1. The zero-order valence-corrected chi connectivity index (χ0v) is 13.1. The number of methoxy groups -OCH3 is 1. The third-order valence-electron chi connectivity index (χ3n) is 3.20. The summed E-state index contributed by atoms with van der Waals surface area (Å²) in [5, 5.41) is 2.69. The Labute approximate surface area is 135 Å². The second-order valence-electron chi connectivity index (χ2n) is 5.03. The second-order valence-corrected chi connectivity index (χ2v) is 5.03. The van der Waals surface area contributed by atoms with Crippen molar-refractivity contribution in [2.24, 2.45) is 0 Å². The topological polar surface area (TPSA) is 64.6 Å². The molecule has 0 radical (unpaired) electrons. The summed E-state index contributed by atoms with van der Waals surface area (Å²) in [7, 11) is 1.61. The zero-order valence-electron chi connectivity index (χ0n) is 13.1. The number of ether oxygens (including phenoxy) is 2. The highest BCUT2D eigenvalue weighted by Gasteiger charge is 2.19. The van der Waals surface area contributed by atoms with E-state index in [9.17, 15) is 9.59 Å². The van der Waals surface area contributed by atoms with Gasteiger partial charge in [0.1, 0.15) is 0 Å². The number of hydrogen-bond acceptors (Lipinski definition) is 4. The van der Waals surface area contributed by atoms with Crippen molar-refractivity contribution >= 4 is 17.6 Å². The zero-order chi connectivity index (χ0) is 16.7. The molecule has 120 valence electrons. The molecule has 0 aliphatic heterocycles. The van der Waals surface area contributed by atoms with E-state index in [1.54, 1.807) is 43.5 Å². The Morgan fingerprint density at radius 2 is 1.70 bits per heavy atom. The van der Waals surface area contributed by atoms with E-state index in [1.807, 2.05) is 18.2 Å². The van der Waals surface area contributed by atoms with Crippen molar-refractivity contribution in [1.82, 2.24) is 0 Å². The molecule has 0 heterocycles. The summed E-state index contributed by atoms with van der Waals surface area (Å²) in [6.07, 6.45) is -0.888. The van der Waals surface area contributed by atoms with Crippen LogP contribution in [0, 0.1) is 0 Å². The molecule has 0 spiro atoms. The van der Waals surface area contributed by atoms with E-state index in [1.165, 1.54) is 6.92 Å². The molecular weight excluding hydrogens is 294 g/mol. The Kier molecular flexibility index (Phi) is 5.88. The minimum atomic E-state index is -0.888. The molecule has 0 saturated carbocycles. The van der Waals surface area contributed by atoms with E-state index in [-0.39, 0.29) is 5.91 Å². The molecule has 1 atom stereocenters. The van der Waals surface area contributed by atoms with Gasteiger partial charge in [-0.2, -0.15) is 0 Å². The standard InChI is InChI=1S/C18H19NO4/c1-13(17(20)19-16-6-4-3-5-7-16)23-18(21)15-10-8-14(9-11-15)12-22-2/h3-11,13H,12H2,1-2H3,(H,19,20)/t13-/m1/s1. The van der Waals surface area contributed by atoms with E-state index in [0.29, 0.717) is 17.9 Å². The fourth-order valence-electron chi connectivity index (χ4n) is 1.95. The maximum atomic E-state index is 12.0. The molecule has 5 heteroatoms. The van der Waals surface area contributed by atoms with Gasteiger partial charge in [0.2, 0.25) is 0 Å². The number of amides is 1. The molecule has 1 amide bonds. The van der Waals surface area contributed by atoms with E-state index >= 15 is 0 Å². The van der Waals surface area contributed by atoms with Crippen LogP contribution in [0.25, 0.3) is 0 Å². The Balaban J connectivity index is 1.92. The minimum absolute atomic E-state index is 0.374. The quantitative estimate of drug-likeness (QED) is 0.833. The molecule has 2 aromatic rings. The van der Waals surface area contributed by atoms with Gasteiger partial charge in [0.25, 0.3) is 5.91 Å². The lowest BCUT2D eigenvalue weighted by atomic mass is 10.1. The van der Waals surface area contributed by atoms with Gasteiger partial charge in [-0.25, -0.2) is 4.79 Å². The van der Waals surface area contributed by atoms with Gasteiger partial charge in [0, 0.05) is 12.8 Å². The van der Waals surface area contributed by atoms with Crippen LogP contribution < -0.4 is 5.32 Å². The van der Waals surface area contributed by atoms with Crippen LogP contribution in [0.1, 0.15) is 22.8 Å². The highest BCUT2D eigenvalue weighted by molar-refractivity contribution is 5.97. The van der Waals surface area contributed by atoms with E-state index < -0.39 is 12.1 Å². The largest absolute Gasteiger partial charge is 0.449 e. The van der Waals surface area contributed by atoms with Crippen LogP contribution in [0.3, 0.4) is 0 Å². The van der Waals surface area contributed by atoms with Crippen molar-refractivity contribution in [3.63, 3.8) is 0 Å². The molecule has 0 saturated heterocycles. The van der Waals surface area contributed by atoms with Gasteiger partial charge in [0.15, 0.2) is 6.10 Å². The molecule has 23 heavy (non-hydrogen) atoms. The Bertz CT molecular complexity index is 652. The van der Waals surface area contributed by atoms with Crippen molar-refractivity contribution in [2.45, 2.75) is 19.6 Å². The number of nitrogens with one attached hydrogen (secondary N) is 1. The summed E-state index contributed by atoms with van der Waals surface area (Å²) in [6.45, 7) is 2.01. The third kappa shape index (κ3) is 4.93. The van der Waals surface area contributed by atoms with Crippen molar-refractivity contribution in [1.29, 1.82) is 0 Å². The smallest absolute Gasteiger partial charge is 0.338 e. The summed E-state index contributed by atoms with van der Waals surface area (Å²) in [5.41, 5.74) is 2.01. The molecule has 0 fully saturated rings. The average Bonchev–Trinajstić information content (AvgIpc) is 2.56. The maximum absolute atomic E-state index is 12.0. The molecule has 0 bridgehead atoms. The SMILES string of the molecule is COCc1ccc(C(=O)O[C@H](C)C(=O)Nc2ccccc2)cc1. The van der Waals surface area contributed by atoms with Crippen LogP contribution in [-0.4, -0.2) is 25.1 Å². The van der Waals surface area contributed by atoms with Crippen LogP contribution in [-0.2, 0) is 20.9 Å². The van der Waals surface area contributed by atoms with Crippen LogP contribution >= 0.6 is 0 Å². The first kappa shape index (κ1) is 16.7. The molecule has 0 aromatic heterocycles. The van der Waals surface area contributed by atoms with Gasteiger partial charge in [-0.05, 0) is 36.8 Å². The highest BCUT2D eigenvalue weighted by atomic mass is 16.5. The Morgan fingerprint density at radius 1 is 1.04 bits per heavy atom. The summed E-state index contributed by atoms with van der Waals surface area (Å²) >= 11 is 0. The van der Waals surface area contributed by atoms with Crippen LogP contribution in [0.5, 0.6) is 0 Å². The Hall–Kier alpha value is -2.66. The number of rotatable bonds is 6. The average molecular weight is 313 g/mol. The monoisotopic (exact) mass is 313 g/mol. The highest BCUT2D eigenvalue weighted by Crippen LogP contribution is 2.10. The maximum Gasteiger partial charge on any atom is 0.338 e. The first-order valence-electron chi connectivity index (χ1n) is 7.25. The van der Waals surface area contributed by atoms with Crippen LogP contribution in [0.15, 0.2) is 54.6 Å². The number of carbonyl (C=O) groups excluding carboxylic acids is 2. The summed E-state index contributed by atoms with van der Waals surface area (Å²) in [6, 6.07) is 15.9. The summed E-state index contributed by atoms with van der Waals surface area (Å²) < 4.78 is 10.2. The third-order valence-corrected chi connectivity index (χ3v) is 3.20. The van der Waals surface area contributed by atoms with Crippen molar-refractivity contribution < 1.29 is 19.1 Å². The molecule has 2 aromatic carbocycles. The van der Waals surface area contributed by atoms with Gasteiger partial charge in [-0.15, -0.1) is 0 Å². The molecule has 0 aliphatic rings. The lowest BCUT2D eigenvalue weighted by Crippen LogP contribution is -2.29. The number of esters is 1. The second kappa shape index (κ2) is 8.10. The fourth-order valence-corrected chi connectivity index (χ4v) is 1.95. The first-order chi connectivity index (χ1) is 11.1. The van der Waals surface area contributed by atoms with Crippen molar-refractivity contribution in [3.05, 3.63) is 65.7 Å². The van der Waals surface area contributed by atoms with E-state index in [4.69, 9.17) is 9.47 Å². The number of carbonyl (C=O) groups is 2. The van der Waals surface area contributed by atoms with Crippen LogP contribution in [0.2, 0.25) is 0 Å². The normalized spacial score (nSPS) is 11.6. The molecular formula is C18H19NO4. The van der Waals surface area contributed by atoms with E-state index in [0.717, 1.165) is 5.56 Å². The predicted octanol–water partition coefficient (Wildman–Crippen LogP) is 3.02. The number of anilines is 1. The number of hydrogen-bond donors (Lipinski definition) is 1. The molecule has 2 rings (SSSR count). The fraction of sp³-hybridized carbons (Fsp3) is 0.222. The van der Waals surface area contributed by atoms with Gasteiger partial charge < -0.3 is 14.8 Å². The molecule has 5 nitrogen and oxygen atoms in total. The predicted molar refractivity (Wildman–Crippen MR) is 87.1 cm³/mol. The summed E-state index contributed by atoms with van der Waals surface area (Å²) in [5.74, 6) is -0.912. The van der Waals surface area contributed by atoms with Gasteiger partial charge in [-0.3, -0.25) is 4.79 Å². The Morgan fingerprint density at radius 3 is 2.30 bits per heavy atom. The number of benzene rings is 2. The van der Waals surface area contributed by atoms with Crippen molar-refractivity contribution in [3.8, 4) is 0 Å². The minimum Gasteiger partial charge on any atom is -0.449 e. The van der Waals surface area contributed by atoms with Gasteiger partial charge in [0.05, 0.1) is 12.2 Å². The van der Waals surface area contributed by atoms with Crippen molar-refractivity contribution in [2.75, 3.05) is 12.4 Å². The molecule has 0 unspecified atom stereocenters. The number of para-hydroxylation sites is 1. The van der Waals surface area contributed by atoms with Gasteiger partial charge in [-0.1, -0.05) is 30.3 Å². The molecule has 1 N–H and O–H groups in total. The lowest BCUT2D eigenvalue weighted by molar-refractivity contribution is -0.123. The van der Waals surface area contributed by atoms with Gasteiger partial charge >= 0.3 is 5.97 Å². The lowest BCUT2D eigenvalue weighted by Gasteiger charge is -2.13. The molecule has 0 aliphatic carbocycles. The van der Waals surface area contributed by atoms with E-state index in [2.05, 4.69) is 5.32 Å². The van der Waals surface area contributed by atoms with Crippen LogP contribution in [0.4, 0.5) is 5.69 Å². The first-order valence-corrected chi connectivity index (χ1v) is 7.25.